The van der Waals surface area contributed by atoms with Crippen molar-refractivity contribution in [3.63, 3.8) is 0 Å². The van der Waals surface area contributed by atoms with Gasteiger partial charge in [-0.2, -0.15) is 13.2 Å². The van der Waals surface area contributed by atoms with Crippen molar-refractivity contribution in [3.05, 3.63) is 29.6 Å². The third-order valence-corrected chi connectivity index (χ3v) is 2.72. The van der Waals surface area contributed by atoms with E-state index in [0.29, 0.717) is 25.0 Å². The summed E-state index contributed by atoms with van der Waals surface area (Å²) in [4.78, 5) is 10.9. The molecule has 1 fully saturated rings. The van der Waals surface area contributed by atoms with Gasteiger partial charge in [0.15, 0.2) is 0 Å². The van der Waals surface area contributed by atoms with Gasteiger partial charge in [-0.15, -0.1) is 0 Å². The molecule has 1 N–H and O–H groups in total. The number of hydrogen-bond acceptors (Lipinski definition) is 2. The van der Waals surface area contributed by atoms with E-state index < -0.39 is 17.9 Å². The minimum atomic E-state index is -5.00. The van der Waals surface area contributed by atoms with Gasteiger partial charge < -0.3 is 10.1 Å². The number of benzene rings is 1. The molecule has 0 aromatic heterocycles. The molecule has 2 rings (SSSR count). The van der Waals surface area contributed by atoms with Crippen molar-refractivity contribution in [3.8, 4) is 0 Å². The minimum Gasteiger partial charge on any atom is -0.373 e. The number of epoxide rings is 1. The number of carbonyl (C=O) groups excluding carboxylic acids is 1. The lowest BCUT2D eigenvalue weighted by Gasteiger charge is -2.12. The van der Waals surface area contributed by atoms with E-state index in [-0.39, 0.29) is 11.8 Å². The van der Waals surface area contributed by atoms with E-state index in [2.05, 4.69) is 0 Å². The zero-order chi connectivity index (χ0) is 14.0. The Morgan fingerprint density at radius 1 is 1.42 bits per heavy atom. The summed E-state index contributed by atoms with van der Waals surface area (Å²) in [5, 5.41) is 1.69. The van der Waals surface area contributed by atoms with Crippen molar-refractivity contribution in [1.82, 2.24) is 0 Å². The molecule has 0 saturated carbocycles. The van der Waals surface area contributed by atoms with Gasteiger partial charge in [0, 0.05) is 5.69 Å². The van der Waals surface area contributed by atoms with Gasteiger partial charge in [-0.1, -0.05) is 6.07 Å². The average Bonchev–Trinajstić information content (AvgIpc) is 3.10. The number of halogens is 4. The van der Waals surface area contributed by atoms with Crippen molar-refractivity contribution in [1.29, 1.82) is 0 Å². The van der Waals surface area contributed by atoms with Crippen molar-refractivity contribution < 1.29 is 27.1 Å². The first-order valence-electron chi connectivity index (χ1n) is 5.64. The van der Waals surface area contributed by atoms with Crippen LogP contribution in [0.1, 0.15) is 12.0 Å². The van der Waals surface area contributed by atoms with Crippen LogP contribution in [0.4, 0.5) is 23.2 Å². The summed E-state index contributed by atoms with van der Waals surface area (Å²) in [6.45, 7) is 0.630. The van der Waals surface area contributed by atoms with E-state index in [0.717, 1.165) is 12.1 Å². The van der Waals surface area contributed by atoms with E-state index in [1.807, 2.05) is 0 Å². The van der Waals surface area contributed by atoms with Crippen LogP contribution >= 0.6 is 0 Å². The number of nitrogens with one attached hydrogen (secondary N) is 1. The van der Waals surface area contributed by atoms with Gasteiger partial charge in [-0.25, -0.2) is 4.39 Å². The van der Waals surface area contributed by atoms with Gasteiger partial charge in [0.25, 0.3) is 0 Å². The largest absolute Gasteiger partial charge is 0.471 e. The van der Waals surface area contributed by atoms with Gasteiger partial charge in [0.1, 0.15) is 5.82 Å². The molecule has 0 spiro atoms. The van der Waals surface area contributed by atoms with Gasteiger partial charge in [-0.3, -0.25) is 4.79 Å². The van der Waals surface area contributed by atoms with Crippen LogP contribution in [0.3, 0.4) is 0 Å². The molecule has 1 heterocycles. The molecule has 0 radical (unpaired) electrons. The predicted octanol–water partition coefficient (Wildman–Crippen LogP) is 2.66. The highest BCUT2D eigenvalue weighted by molar-refractivity contribution is 5.95. The Hall–Kier alpha value is -1.63. The number of carbonyl (C=O) groups is 1. The molecule has 0 aliphatic carbocycles. The average molecular weight is 277 g/mol. The van der Waals surface area contributed by atoms with Crippen molar-refractivity contribution >= 4 is 11.6 Å². The van der Waals surface area contributed by atoms with Gasteiger partial charge in [-0.05, 0) is 30.5 Å². The molecule has 1 aromatic carbocycles. The maximum atomic E-state index is 13.0. The third kappa shape index (κ3) is 3.92. The molecule has 7 heteroatoms. The number of rotatable bonds is 4. The van der Waals surface area contributed by atoms with Crippen LogP contribution in [-0.2, 0) is 16.0 Å². The lowest BCUT2D eigenvalue weighted by atomic mass is 10.1. The summed E-state index contributed by atoms with van der Waals surface area (Å²) < 4.78 is 54.5. The Labute approximate surface area is 106 Å². The lowest BCUT2D eigenvalue weighted by molar-refractivity contribution is -0.167. The zero-order valence-corrected chi connectivity index (χ0v) is 9.76. The summed E-state index contributed by atoms with van der Waals surface area (Å²) in [6.07, 6.45) is -3.85. The Balaban J connectivity index is 2.11. The normalized spacial score (nSPS) is 18.2. The Kier molecular flexibility index (Phi) is 3.75. The van der Waals surface area contributed by atoms with Crippen LogP contribution in [0, 0.1) is 5.82 Å². The van der Waals surface area contributed by atoms with Crippen LogP contribution in [-0.4, -0.2) is 24.8 Å². The molecule has 0 bridgehead atoms. The highest BCUT2D eigenvalue weighted by Gasteiger charge is 2.39. The van der Waals surface area contributed by atoms with E-state index in [1.54, 1.807) is 5.32 Å². The molecule has 19 heavy (non-hydrogen) atoms. The first-order chi connectivity index (χ1) is 8.86. The second-order valence-electron chi connectivity index (χ2n) is 4.25. The Morgan fingerprint density at radius 2 is 2.11 bits per heavy atom. The van der Waals surface area contributed by atoms with Crippen LogP contribution in [0.25, 0.3) is 0 Å². The molecular formula is C12H11F4NO2. The van der Waals surface area contributed by atoms with E-state index in [1.165, 1.54) is 6.07 Å². The van der Waals surface area contributed by atoms with Gasteiger partial charge >= 0.3 is 12.1 Å². The summed E-state index contributed by atoms with van der Waals surface area (Å²) in [7, 11) is 0. The smallest absolute Gasteiger partial charge is 0.373 e. The fourth-order valence-corrected chi connectivity index (χ4v) is 1.63. The molecule has 3 nitrogen and oxygen atoms in total. The monoisotopic (exact) mass is 277 g/mol. The minimum absolute atomic E-state index is 0.108. The molecule has 1 amide bonds. The predicted molar refractivity (Wildman–Crippen MR) is 59.1 cm³/mol. The third-order valence-electron chi connectivity index (χ3n) is 2.72. The maximum Gasteiger partial charge on any atom is 0.471 e. The fourth-order valence-electron chi connectivity index (χ4n) is 1.63. The molecule has 1 atom stereocenters. The number of ether oxygens (including phenoxy) is 1. The van der Waals surface area contributed by atoms with Crippen LogP contribution in [0.5, 0.6) is 0 Å². The maximum absolute atomic E-state index is 13.0. The van der Waals surface area contributed by atoms with Crippen LogP contribution < -0.4 is 5.32 Å². The Bertz CT molecular complexity index is 483. The summed E-state index contributed by atoms with van der Waals surface area (Å²) in [5.41, 5.74) is 0.303. The van der Waals surface area contributed by atoms with Gasteiger partial charge in [0.05, 0.1) is 12.7 Å². The second kappa shape index (κ2) is 5.16. The van der Waals surface area contributed by atoms with Crippen molar-refractivity contribution in [2.75, 3.05) is 11.9 Å². The van der Waals surface area contributed by atoms with Crippen LogP contribution in [0.15, 0.2) is 18.2 Å². The van der Waals surface area contributed by atoms with Gasteiger partial charge in [0.2, 0.25) is 0 Å². The molecule has 1 aliphatic heterocycles. The first kappa shape index (κ1) is 13.8. The molecule has 0 unspecified atom stereocenters. The SMILES string of the molecule is O=C(Nc1cc(F)ccc1CC[C@@H]1CO1)C(F)(F)F. The summed E-state index contributed by atoms with van der Waals surface area (Å²) in [6, 6.07) is 3.39. The van der Waals surface area contributed by atoms with E-state index in [4.69, 9.17) is 4.74 Å². The molecule has 104 valence electrons. The summed E-state index contributed by atoms with van der Waals surface area (Å²) in [5.74, 6) is -2.81. The fraction of sp³-hybridized carbons (Fsp3) is 0.417. The number of aryl methyl sites for hydroxylation is 1. The molecular weight excluding hydrogens is 266 g/mol. The standard InChI is InChI=1S/C12H11F4NO2/c13-8-3-1-7(2-4-9-6-19-9)10(5-8)17-11(18)12(14,15)16/h1,3,5,9H,2,4,6H2,(H,17,18)/t9-/m1/s1. The van der Waals surface area contributed by atoms with Crippen molar-refractivity contribution in [2.45, 2.75) is 25.1 Å². The molecule has 1 aromatic rings. The summed E-state index contributed by atoms with van der Waals surface area (Å²) >= 11 is 0. The van der Waals surface area contributed by atoms with Crippen molar-refractivity contribution in [2.24, 2.45) is 0 Å². The number of alkyl halides is 3. The highest BCUT2D eigenvalue weighted by atomic mass is 19.4. The molecule has 1 aliphatic rings. The zero-order valence-electron chi connectivity index (χ0n) is 9.76. The highest BCUT2D eigenvalue weighted by Crippen LogP contribution is 2.25. The number of amides is 1. The quantitative estimate of drug-likeness (QED) is 0.679. The first-order valence-corrected chi connectivity index (χ1v) is 5.64. The van der Waals surface area contributed by atoms with Crippen LogP contribution in [0.2, 0.25) is 0 Å². The second-order valence-corrected chi connectivity index (χ2v) is 4.25. The van der Waals surface area contributed by atoms with E-state index >= 15 is 0 Å². The number of hydrogen-bond donors (Lipinski definition) is 1. The van der Waals surface area contributed by atoms with E-state index in [9.17, 15) is 22.4 Å². The lowest BCUT2D eigenvalue weighted by Crippen LogP contribution is -2.30. The topological polar surface area (TPSA) is 41.6 Å². The Morgan fingerprint density at radius 3 is 2.68 bits per heavy atom. The molecule has 1 saturated heterocycles. The number of anilines is 1.